The van der Waals surface area contributed by atoms with E-state index in [1.165, 1.54) is 0 Å². The zero-order valence-electron chi connectivity index (χ0n) is 10.7. The Morgan fingerprint density at radius 3 is 2.94 bits per heavy atom. The van der Waals surface area contributed by atoms with Crippen LogP contribution in [0.3, 0.4) is 0 Å². The summed E-state index contributed by atoms with van der Waals surface area (Å²) in [6.07, 6.45) is 1.79. The Balaban J connectivity index is 2.24. The fourth-order valence-electron chi connectivity index (χ4n) is 1.80. The molecule has 0 aromatic heterocycles. The molecule has 0 aliphatic carbocycles. The second kappa shape index (κ2) is 8.44. The summed E-state index contributed by atoms with van der Waals surface area (Å²) in [5.41, 5.74) is 0. The van der Waals surface area contributed by atoms with Crippen molar-refractivity contribution in [2.24, 2.45) is 5.92 Å². The first-order valence-corrected chi connectivity index (χ1v) is 6.26. The van der Waals surface area contributed by atoms with E-state index in [1.807, 2.05) is 0 Å². The number of methoxy groups -OCH3 is 1. The Kier molecular flexibility index (Phi) is 7.16. The van der Waals surface area contributed by atoms with Crippen LogP contribution in [0.2, 0.25) is 0 Å². The highest BCUT2D eigenvalue weighted by Gasteiger charge is 2.34. The van der Waals surface area contributed by atoms with Crippen molar-refractivity contribution in [3.8, 4) is 0 Å². The van der Waals surface area contributed by atoms with Gasteiger partial charge in [-0.3, -0.25) is 4.79 Å². The van der Waals surface area contributed by atoms with Crippen LogP contribution in [0, 0.1) is 5.92 Å². The second-order valence-corrected chi connectivity index (χ2v) is 4.22. The molecule has 1 aliphatic heterocycles. The zero-order chi connectivity index (χ0) is 12.5. The zero-order valence-corrected chi connectivity index (χ0v) is 10.7. The van der Waals surface area contributed by atoms with E-state index < -0.39 is 0 Å². The molecule has 0 radical (unpaired) electrons. The lowest BCUT2D eigenvalue weighted by Gasteiger charge is -2.17. The maximum Gasteiger partial charge on any atom is 0.312 e. The molecular weight excluding hydrogens is 222 g/mol. The molecule has 1 fully saturated rings. The average Bonchev–Trinajstić information content (AvgIpc) is 2.80. The molecule has 1 heterocycles. The van der Waals surface area contributed by atoms with Gasteiger partial charge in [0.2, 0.25) is 0 Å². The summed E-state index contributed by atoms with van der Waals surface area (Å²) in [6, 6.07) is 0.102. The van der Waals surface area contributed by atoms with E-state index in [4.69, 9.17) is 14.2 Å². The largest absolute Gasteiger partial charge is 0.465 e. The van der Waals surface area contributed by atoms with Gasteiger partial charge in [0.05, 0.1) is 25.7 Å². The van der Waals surface area contributed by atoms with E-state index in [-0.39, 0.29) is 17.9 Å². The van der Waals surface area contributed by atoms with Gasteiger partial charge in [-0.05, 0) is 13.0 Å². The van der Waals surface area contributed by atoms with E-state index in [2.05, 4.69) is 12.2 Å². The predicted octanol–water partition coefficient (Wildman–Crippen LogP) is 0.581. The summed E-state index contributed by atoms with van der Waals surface area (Å²) in [5, 5.41) is 3.31. The number of carbonyl (C=O) groups is 1. The summed E-state index contributed by atoms with van der Waals surface area (Å²) in [6.45, 7) is 5.10. The number of hydrogen-bond acceptors (Lipinski definition) is 5. The normalized spacial score (nSPS) is 23.9. The van der Waals surface area contributed by atoms with E-state index in [0.29, 0.717) is 26.4 Å². The molecule has 17 heavy (non-hydrogen) atoms. The van der Waals surface area contributed by atoms with Crippen molar-refractivity contribution >= 4 is 5.97 Å². The standard InChI is InChI=1S/C12H23NO4/c1-3-5-13-11-9-16-8-10(11)12(14)17-7-4-6-15-2/h10-11,13H,3-9H2,1-2H3. The van der Waals surface area contributed by atoms with Gasteiger partial charge in [0.25, 0.3) is 0 Å². The van der Waals surface area contributed by atoms with Crippen molar-refractivity contribution in [3.63, 3.8) is 0 Å². The number of esters is 1. The van der Waals surface area contributed by atoms with Crippen molar-refractivity contribution in [3.05, 3.63) is 0 Å². The Bertz CT molecular complexity index is 223. The van der Waals surface area contributed by atoms with Gasteiger partial charge >= 0.3 is 5.97 Å². The molecule has 0 aromatic rings. The van der Waals surface area contributed by atoms with Crippen molar-refractivity contribution in [1.29, 1.82) is 0 Å². The van der Waals surface area contributed by atoms with Crippen LogP contribution in [0.1, 0.15) is 19.8 Å². The number of ether oxygens (including phenoxy) is 3. The molecule has 2 atom stereocenters. The number of nitrogens with one attached hydrogen (secondary N) is 1. The molecule has 100 valence electrons. The minimum atomic E-state index is -0.163. The molecule has 0 aromatic carbocycles. The van der Waals surface area contributed by atoms with Crippen LogP contribution < -0.4 is 5.32 Å². The summed E-state index contributed by atoms with van der Waals surface area (Å²) in [4.78, 5) is 11.8. The lowest BCUT2D eigenvalue weighted by Crippen LogP contribution is -2.40. The molecule has 1 rings (SSSR count). The Hall–Kier alpha value is -0.650. The molecule has 0 saturated carbocycles. The highest BCUT2D eigenvalue weighted by Crippen LogP contribution is 2.15. The third-order valence-electron chi connectivity index (χ3n) is 2.78. The average molecular weight is 245 g/mol. The van der Waals surface area contributed by atoms with Crippen LogP contribution in [0.15, 0.2) is 0 Å². The van der Waals surface area contributed by atoms with Gasteiger partial charge in [0.1, 0.15) is 0 Å². The van der Waals surface area contributed by atoms with Crippen molar-refractivity contribution in [2.45, 2.75) is 25.8 Å². The fourth-order valence-corrected chi connectivity index (χ4v) is 1.80. The molecule has 1 N–H and O–H groups in total. The van der Waals surface area contributed by atoms with Gasteiger partial charge < -0.3 is 19.5 Å². The van der Waals surface area contributed by atoms with Crippen LogP contribution in [-0.4, -0.2) is 52.1 Å². The minimum absolute atomic E-state index is 0.102. The molecule has 5 nitrogen and oxygen atoms in total. The van der Waals surface area contributed by atoms with Crippen LogP contribution in [0.25, 0.3) is 0 Å². The monoisotopic (exact) mass is 245 g/mol. The van der Waals surface area contributed by atoms with Crippen LogP contribution >= 0.6 is 0 Å². The lowest BCUT2D eigenvalue weighted by atomic mass is 10.0. The second-order valence-electron chi connectivity index (χ2n) is 4.22. The van der Waals surface area contributed by atoms with E-state index in [1.54, 1.807) is 7.11 Å². The topological polar surface area (TPSA) is 56.8 Å². The van der Waals surface area contributed by atoms with E-state index in [0.717, 1.165) is 19.4 Å². The molecule has 5 heteroatoms. The SMILES string of the molecule is CCCNC1COCC1C(=O)OCCCOC. The van der Waals surface area contributed by atoms with Gasteiger partial charge in [0, 0.05) is 26.2 Å². The number of carbonyl (C=O) groups excluding carboxylic acids is 1. The van der Waals surface area contributed by atoms with Crippen molar-refractivity contribution < 1.29 is 19.0 Å². The van der Waals surface area contributed by atoms with Crippen molar-refractivity contribution in [2.75, 3.05) is 40.1 Å². The fraction of sp³-hybridized carbons (Fsp3) is 0.917. The summed E-state index contributed by atoms with van der Waals surface area (Å²) < 4.78 is 15.4. The number of hydrogen-bond donors (Lipinski definition) is 1. The first-order valence-electron chi connectivity index (χ1n) is 6.26. The molecule has 0 bridgehead atoms. The Morgan fingerprint density at radius 1 is 1.41 bits per heavy atom. The van der Waals surface area contributed by atoms with Crippen molar-refractivity contribution in [1.82, 2.24) is 5.32 Å². The maximum absolute atomic E-state index is 11.8. The van der Waals surface area contributed by atoms with Crippen LogP contribution in [0.4, 0.5) is 0 Å². The first-order chi connectivity index (χ1) is 8.29. The smallest absolute Gasteiger partial charge is 0.312 e. The summed E-state index contributed by atoms with van der Waals surface area (Å²) in [5.74, 6) is -0.323. The Morgan fingerprint density at radius 2 is 2.24 bits per heavy atom. The summed E-state index contributed by atoms with van der Waals surface area (Å²) in [7, 11) is 1.64. The van der Waals surface area contributed by atoms with Gasteiger partial charge in [-0.15, -0.1) is 0 Å². The predicted molar refractivity (Wildman–Crippen MR) is 63.8 cm³/mol. The molecule has 2 unspecified atom stereocenters. The summed E-state index contributed by atoms with van der Waals surface area (Å²) >= 11 is 0. The molecule has 0 spiro atoms. The van der Waals surface area contributed by atoms with Gasteiger partial charge in [-0.2, -0.15) is 0 Å². The third kappa shape index (κ3) is 5.02. The quantitative estimate of drug-likeness (QED) is 0.501. The highest BCUT2D eigenvalue weighted by molar-refractivity contribution is 5.73. The van der Waals surface area contributed by atoms with E-state index in [9.17, 15) is 4.79 Å². The highest BCUT2D eigenvalue weighted by atomic mass is 16.5. The molecule has 1 aliphatic rings. The first kappa shape index (κ1) is 14.4. The van der Waals surface area contributed by atoms with Crippen LogP contribution in [0.5, 0.6) is 0 Å². The molecule has 1 saturated heterocycles. The van der Waals surface area contributed by atoms with Gasteiger partial charge in [0.15, 0.2) is 0 Å². The third-order valence-corrected chi connectivity index (χ3v) is 2.78. The maximum atomic E-state index is 11.8. The Labute approximate surface area is 103 Å². The molecule has 0 amide bonds. The van der Waals surface area contributed by atoms with E-state index >= 15 is 0 Å². The number of rotatable bonds is 8. The molecular formula is C12H23NO4. The van der Waals surface area contributed by atoms with Gasteiger partial charge in [-0.1, -0.05) is 6.92 Å². The lowest BCUT2D eigenvalue weighted by molar-refractivity contribution is -0.149. The van der Waals surface area contributed by atoms with Crippen LogP contribution in [-0.2, 0) is 19.0 Å². The van der Waals surface area contributed by atoms with Gasteiger partial charge in [-0.25, -0.2) is 0 Å². The minimum Gasteiger partial charge on any atom is -0.465 e.